The number of rotatable bonds is 5. The number of amides is 1. The van der Waals surface area contributed by atoms with Crippen LogP contribution < -0.4 is 5.32 Å². The van der Waals surface area contributed by atoms with Crippen LogP contribution in [0.1, 0.15) is 19.3 Å². The van der Waals surface area contributed by atoms with Crippen molar-refractivity contribution in [2.24, 2.45) is 0 Å². The third-order valence-electron chi connectivity index (χ3n) is 3.46. The van der Waals surface area contributed by atoms with E-state index in [1.807, 2.05) is 35.2 Å². The molecule has 1 aliphatic heterocycles. The summed E-state index contributed by atoms with van der Waals surface area (Å²) in [4.78, 5) is 14.1. The van der Waals surface area contributed by atoms with Crippen molar-refractivity contribution in [3.05, 3.63) is 30.3 Å². The van der Waals surface area contributed by atoms with Crippen molar-refractivity contribution < 1.29 is 4.79 Å². The molecule has 5 nitrogen and oxygen atoms in total. The molecule has 1 amide bonds. The first kappa shape index (κ1) is 15.3. The number of nitrogens with one attached hydrogen (secondary N) is 1. The van der Waals surface area contributed by atoms with E-state index in [0.717, 1.165) is 41.1 Å². The molecule has 1 fully saturated rings. The number of para-hydroxylation sites is 1. The Morgan fingerprint density at radius 2 is 1.95 bits per heavy atom. The molecule has 0 unspecified atom stereocenters. The zero-order valence-corrected chi connectivity index (χ0v) is 13.8. The zero-order chi connectivity index (χ0) is 15.2. The molecule has 1 N–H and O–H groups in total. The van der Waals surface area contributed by atoms with Gasteiger partial charge >= 0.3 is 0 Å². The average Bonchev–Trinajstić information content (AvgIpc) is 3.02. The molecule has 3 rings (SSSR count). The largest absolute Gasteiger partial charge is 0.342 e. The normalized spacial score (nSPS) is 14.8. The van der Waals surface area contributed by atoms with Crippen LogP contribution in [0.15, 0.2) is 34.7 Å². The fourth-order valence-corrected chi connectivity index (χ4v) is 4.00. The summed E-state index contributed by atoms with van der Waals surface area (Å²) >= 11 is 2.94. The highest BCUT2D eigenvalue weighted by atomic mass is 32.2. The monoisotopic (exact) mass is 334 g/mol. The molecule has 1 aromatic carbocycles. The number of piperidine rings is 1. The SMILES string of the molecule is O=C(CSc1nnc(Nc2ccccc2)s1)N1CCCCC1. The predicted octanol–water partition coefficient (Wildman–Crippen LogP) is 3.39. The first-order valence-corrected chi connectivity index (χ1v) is 9.17. The van der Waals surface area contributed by atoms with E-state index in [1.54, 1.807) is 0 Å². The van der Waals surface area contributed by atoms with Crippen LogP contribution in [0.25, 0.3) is 0 Å². The number of carbonyl (C=O) groups excluding carboxylic acids is 1. The van der Waals surface area contributed by atoms with Gasteiger partial charge < -0.3 is 10.2 Å². The molecule has 2 aromatic rings. The van der Waals surface area contributed by atoms with E-state index < -0.39 is 0 Å². The highest BCUT2D eigenvalue weighted by Crippen LogP contribution is 2.27. The lowest BCUT2D eigenvalue weighted by Crippen LogP contribution is -2.36. The highest BCUT2D eigenvalue weighted by molar-refractivity contribution is 8.01. The van der Waals surface area contributed by atoms with Crippen LogP contribution in [0, 0.1) is 0 Å². The number of likely N-dealkylation sites (tertiary alicyclic amines) is 1. The van der Waals surface area contributed by atoms with Gasteiger partial charge in [-0.3, -0.25) is 4.79 Å². The van der Waals surface area contributed by atoms with Gasteiger partial charge in [-0.1, -0.05) is 41.3 Å². The molecule has 116 valence electrons. The van der Waals surface area contributed by atoms with E-state index in [-0.39, 0.29) is 5.91 Å². The number of thioether (sulfide) groups is 1. The van der Waals surface area contributed by atoms with Crippen molar-refractivity contribution in [1.29, 1.82) is 0 Å². The minimum atomic E-state index is 0.206. The summed E-state index contributed by atoms with van der Waals surface area (Å²) in [5, 5.41) is 12.2. The summed E-state index contributed by atoms with van der Waals surface area (Å²) in [6, 6.07) is 9.87. The minimum absolute atomic E-state index is 0.206. The molecule has 1 saturated heterocycles. The molecule has 22 heavy (non-hydrogen) atoms. The summed E-state index contributed by atoms with van der Waals surface area (Å²) in [6.45, 7) is 1.80. The van der Waals surface area contributed by atoms with Crippen LogP contribution in [-0.4, -0.2) is 39.8 Å². The maximum Gasteiger partial charge on any atom is 0.233 e. The summed E-state index contributed by atoms with van der Waals surface area (Å²) in [5.74, 6) is 0.650. The number of hydrogen-bond donors (Lipinski definition) is 1. The van der Waals surface area contributed by atoms with E-state index in [9.17, 15) is 4.79 Å². The van der Waals surface area contributed by atoms with E-state index in [2.05, 4.69) is 15.5 Å². The number of hydrogen-bond acceptors (Lipinski definition) is 6. The van der Waals surface area contributed by atoms with Gasteiger partial charge in [0.1, 0.15) is 0 Å². The molecule has 1 aliphatic rings. The van der Waals surface area contributed by atoms with E-state index in [1.165, 1.54) is 29.5 Å². The molecule has 0 spiro atoms. The fourth-order valence-electron chi connectivity index (χ4n) is 2.32. The Morgan fingerprint density at radius 3 is 2.73 bits per heavy atom. The van der Waals surface area contributed by atoms with Crippen molar-refractivity contribution in [1.82, 2.24) is 15.1 Å². The lowest BCUT2D eigenvalue weighted by Gasteiger charge is -2.26. The van der Waals surface area contributed by atoms with E-state index in [4.69, 9.17) is 0 Å². The quantitative estimate of drug-likeness (QED) is 0.850. The molecule has 0 aliphatic carbocycles. The van der Waals surface area contributed by atoms with Crippen molar-refractivity contribution >= 4 is 39.8 Å². The lowest BCUT2D eigenvalue weighted by atomic mass is 10.1. The molecule has 7 heteroatoms. The van der Waals surface area contributed by atoms with Crippen LogP contribution >= 0.6 is 23.1 Å². The van der Waals surface area contributed by atoms with Crippen LogP contribution in [-0.2, 0) is 4.79 Å². The van der Waals surface area contributed by atoms with Crippen molar-refractivity contribution in [3.63, 3.8) is 0 Å². The third-order valence-corrected chi connectivity index (χ3v) is 5.42. The van der Waals surface area contributed by atoms with Gasteiger partial charge in [-0.05, 0) is 31.4 Å². The van der Waals surface area contributed by atoms with Gasteiger partial charge in [0.25, 0.3) is 0 Å². The topological polar surface area (TPSA) is 58.1 Å². The molecule has 1 aromatic heterocycles. The van der Waals surface area contributed by atoms with Gasteiger partial charge in [-0.25, -0.2) is 0 Å². The standard InChI is InChI=1S/C15H18N4OS2/c20-13(19-9-5-2-6-10-19)11-21-15-18-17-14(22-15)16-12-7-3-1-4-8-12/h1,3-4,7-8H,2,5-6,9-11H2,(H,16,17). The number of benzene rings is 1. The van der Waals surface area contributed by atoms with Crippen LogP contribution in [0.5, 0.6) is 0 Å². The number of carbonyl (C=O) groups is 1. The van der Waals surface area contributed by atoms with E-state index >= 15 is 0 Å². The van der Waals surface area contributed by atoms with Crippen molar-refractivity contribution in [2.75, 3.05) is 24.2 Å². The maximum atomic E-state index is 12.1. The van der Waals surface area contributed by atoms with E-state index in [0.29, 0.717) is 5.75 Å². The minimum Gasteiger partial charge on any atom is -0.342 e. The number of aromatic nitrogens is 2. The second-order valence-corrected chi connectivity index (χ2v) is 7.29. The molecule has 0 atom stereocenters. The van der Waals surface area contributed by atoms with Crippen LogP contribution in [0.3, 0.4) is 0 Å². The molecular formula is C15H18N4OS2. The Hall–Kier alpha value is -1.60. The van der Waals surface area contributed by atoms with Crippen LogP contribution in [0.4, 0.5) is 10.8 Å². The summed E-state index contributed by atoms with van der Waals surface area (Å²) < 4.78 is 0.823. The summed E-state index contributed by atoms with van der Waals surface area (Å²) in [7, 11) is 0. The number of nitrogens with zero attached hydrogens (tertiary/aromatic N) is 3. The van der Waals surface area contributed by atoms with Gasteiger partial charge in [0, 0.05) is 18.8 Å². The molecule has 0 bridgehead atoms. The third kappa shape index (κ3) is 4.20. The summed E-state index contributed by atoms with van der Waals surface area (Å²) in [6.07, 6.45) is 3.49. The smallest absolute Gasteiger partial charge is 0.233 e. The zero-order valence-electron chi connectivity index (χ0n) is 12.2. The first-order valence-electron chi connectivity index (χ1n) is 7.37. The molecule has 0 saturated carbocycles. The molecular weight excluding hydrogens is 316 g/mol. The van der Waals surface area contributed by atoms with Gasteiger partial charge in [0.2, 0.25) is 11.0 Å². The Balaban J connectivity index is 1.50. The predicted molar refractivity (Wildman–Crippen MR) is 90.8 cm³/mol. The van der Waals surface area contributed by atoms with Crippen molar-refractivity contribution in [3.8, 4) is 0 Å². The first-order chi connectivity index (χ1) is 10.8. The van der Waals surface area contributed by atoms with Gasteiger partial charge in [0.05, 0.1) is 5.75 Å². The Bertz CT molecular complexity index is 611. The Kier molecular flexibility index (Phi) is 5.29. The fraction of sp³-hybridized carbons (Fsp3) is 0.400. The maximum absolute atomic E-state index is 12.1. The van der Waals surface area contributed by atoms with Crippen LogP contribution in [0.2, 0.25) is 0 Å². The average molecular weight is 334 g/mol. The van der Waals surface area contributed by atoms with Gasteiger partial charge in [-0.15, -0.1) is 10.2 Å². The second-order valence-electron chi connectivity index (χ2n) is 5.09. The van der Waals surface area contributed by atoms with Gasteiger partial charge in [-0.2, -0.15) is 0 Å². The van der Waals surface area contributed by atoms with Crippen molar-refractivity contribution in [2.45, 2.75) is 23.6 Å². The Labute approximate surface area is 138 Å². The number of anilines is 2. The summed E-state index contributed by atoms with van der Waals surface area (Å²) in [5.41, 5.74) is 0.986. The van der Waals surface area contributed by atoms with Gasteiger partial charge in [0.15, 0.2) is 4.34 Å². The molecule has 0 radical (unpaired) electrons. The lowest BCUT2D eigenvalue weighted by molar-refractivity contribution is -0.129. The highest BCUT2D eigenvalue weighted by Gasteiger charge is 2.17. The molecule has 2 heterocycles. The second kappa shape index (κ2) is 7.60. The Morgan fingerprint density at radius 1 is 1.18 bits per heavy atom.